The topological polar surface area (TPSA) is 76.6 Å². The van der Waals surface area contributed by atoms with Gasteiger partial charge in [-0.15, -0.1) is 0 Å². The molecule has 0 aliphatic carbocycles. The lowest BCUT2D eigenvalue weighted by Crippen LogP contribution is -2.38. The van der Waals surface area contributed by atoms with Crippen LogP contribution in [0.5, 0.6) is 5.88 Å². The monoisotopic (exact) mass is 395 g/mol. The lowest BCUT2D eigenvalue weighted by molar-refractivity contribution is 0.369. The van der Waals surface area contributed by atoms with Gasteiger partial charge in [0.1, 0.15) is 5.76 Å². The van der Waals surface area contributed by atoms with E-state index in [0.29, 0.717) is 13.1 Å². The van der Waals surface area contributed by atoms with Crippen molar-refractivity contribution >= 4 is 5.96 Å². The Morgan fingerprint density at radius 1 is 1.17 bits per heavy atom. The van der Waals surface area contributed by atoms with E-state index in [-0.39, 0.29) is 0 Å². The van der Waals surface area contributed by atoms with Crippen LogP contribution in [0.3, 0.4) is 0 Å². The summed E-state index contributed by atoms with van der Waals surface area (Å²) < 4.78 is 12.7. The Morgan fingerprint density at radius 3 is 2.69 bits per heavy atom. The summed E-state index contributed by atoms with van der Waals surface area (Å²) in [6, 6.07) is 14.1. The van der Waals surface area contributed by atoms with Crippen LogP contribution < -0.4 is 15.4 Å². The van der Waals surface area contributed by atoms with Crippen molar-refractivity contribution < 1.29 is 9.15 Å². The first-order valence-electron chi connectivity index (χ1n) is 9.88. The van der Waals surface area contributed by atoms with Crippen molar-refractivity contribution in [1.29, 1.82) is 0 Å². The molecule has 0 atom stereocenters. The molecular weight excluding hydrogens is 366 g/mol. The summed E-state index contributed by atoms with van der Waals surface area (Å²) in [5, 5.41) is 11.4. The first kappa shape index (κ1) is 20.5. The van der Waals surface area contributed by atoms with Crippen molar-refractivity contribution in [2.24, 2.45) is 12.0 Å². The van der Waals surface area contributed by atoms with Crippen molar-refractivity contribution in [3.63, 3.8) is 0 Å². The summed E-state index contributed by atoms with van der Waals surface area (Å²) >= 11 is 0. The molecule has 0 saturated carbocycles. The maximum Gasteiger partial charge on any atom is 0.216 e. The fourth-order valence-corrected chi connectivity index (χ4v) is 3.18. The van der Waals surface area contributed by atoms with E-state index >= 15 is 0 Å². The molecule has 2 N–H and O–H groups in total. The third-order valence-corrected chi connectivity index (χ3v) is 4.64. The normalized spacial score (nSPS) is 11.5. The van der Waals surface area contributed by atoms with E-state index in [1.165, 1.54) is 0 Å². The quantitative estimate of drug-likeness (QED) is 0.430. The number of benzene rings is 1. The van der Waals surface area contributed by atoms with Gasteiger partial charge in [0.15, 0.2) is 5.96 Å². The van der Waals surface area contributed by atoms with Crippen molar-refractivity contribution in [3.8, 4) is 5.88 Å². The predicted octanol–water partition coefficient (Wildman–Crippen LogP) is 3.06. The fraction of sp³-hybridized carbons (Fsp3) is 0.364. The SMILES string of the molecule is CCc1nn(C)c(OC)c1CNC(=NCc1ccccc1)NCCc1ccco1. The van der Waals surface area contributed by atoms with Crippen LogP contribution in [0.2, 0.25) is 0 Å². The summed E-state index contributed by atoms with van der Waals surface area (Å²) in [6.45, 7) is 4.00. The molecule has 0 fully saturated rings. The first-order valence-corrected chi connectivity index (χ1v) is 9.88. The second-order valence-electron chi connectivity index (χ2n) is 6.67. The highest BCUT2D eigenvalue weighted by molar-refractivity contribution is 5.79. The number of rotatable bonds is 9. The van der Waals surface area contributed by atoms with Gasteiger partial charge in [-0.1, -0.05) is 37.3 Å². The number of aryl methyl sites for hydroxylation is 2. The van der Waals surface area contributed by atoms with Gasteiger partial charge in [-0.25, -0.2) is 9.67 Å². The van der Waals surface area contributed by atoms with Crippen LogP contribution in [0.25, 0.3) is 0 Å². The van der Waals surface area contributed by atoms with E-state index < -0.39 is 0 Å². The molecule has 0 spiro atoms. The number of methoxy groups -OCH3 is 1. The number of hydrogen-bond donors (Lipinski definition) is 2. The van der Waals surface area contributed by atoms with Crippen molar-refractivity contribution in [3.05, 3.63) is 71.3 Å². The molecule has 2 heterocycles. The first-order chi connectivity index (χ1) is 14.2. The number of nitrogens with zero attached hydrogens (tertiary/aromatic N) is 3. The van der Waals surface area contributed by atoms with Gasteiger partial charge in [-0.05, 0) is 24.1 Å². The second-order valence-corrected chi connectivity index (χ2v) is 6.67. The van der Waals surface area contributed by atoms with E-state index in [4.69, 9.17) is 14.1 Å². The molecule has 0 amide bonds. The summed E-state index contributed by atoms with van der Waals surface area (Å²) in [6.07, 6.45) is 3.32. The summed E-state index contributed by atoms with van der Waals surface area (Å²) in [5.41, 5.74) is 3.24. The average Bonchev–Trinajstić information content (AvgIpc) is 3.37. The van der Waals surface area contributed by atoms with E-state index in [9.17, 15) is 0 Å². The lowest BCUT2D eigenvalue weighted by Gasteiger charge is -2.13. The van der Waals surface area contributed by atoms with Crippen LogP contribution in [0.1, 0.15) is 29.5 Å². The minimum Gasteiger partial charge on any atom is -0.481 e. The van der Waals surface area contributed by atoms with Gasteiger partial charge in [-0.2, -0.15) is 5.10 Å². The summed E-state index contributed by atoms with van der Waals surface area (Å²) in [7, 11) is 3.57. The number of guanidine groups is 1. The zero-order valence-electron chi connectivity index (χ0n) is 17.3. The minimum atomic E-state index is 0.585. The van der Waals surface area contributed by atoms with Gasteiger partial charge in [0.25, 0.3) is 0 Å². The number of furan rings is 1. The number of ether oxygens (including phenoxy) is 1. The Labute approximate surface area is 171 Å². The fourth-order valence-electron chi connectivity index (χ4n) is 3.18. The Balaban J connectivity index is 1.68. The third-order valence-electron chi connectivity index (χ3n) is 4.64. The molecular formula is C22H29N5O2. The van der Waals surface area contributed by atoms with Crippen molar-refractivity contribution in [2.75, 3.05) is 13.7 Å². The van der Waals surface area contributed by atoms with Gasteiger partial charge in [0, 0.05) is 20.0 Å². The molecule has 7 heteroatoms. The zero-order valence-corrected chi connectivity index (χ0v) is 17.3. The second kappa shape index (κ2) is 10.4. The van der Waals surface area contributed by atoms with Crippen LogP contribution in [0.15, 0.2) is 58.1 Å². The van der Waals surface area contributed by atoms with E-state index in [2.05, 4.69) is 34.8 Å². The molecule has 0 saturated heterocycles. The molecule has 3 rings (SSSR count). The lowest BCUT2D eigenvalue weighted by atomic mass is 10.2. The Bertz CT molecular complexity index is 901. The summed E-state index contributed by atoms with van der Waals surface area (Å²) in [4.78, 5) is 4.74. The smallest absolute Gasteiger partial charge is 0.216 e. The van der Waals surface area contributed by atoms with Crippen molar-refractivity contribution in [1.82, 2.24) is 20.4 Å². The molecule has 0 unspecified atom stereocenters. The van der Waals surface area contributed by atoms with Crippen LogP contribution >= 0.6 is 0 Å². The zero-order chi connectivity index (χ0) is 20.5. The minimum absolute atomic E-state index is 0.585. The number of nitrogens with one attached hydrogen (secondary N) is 2. The molecule has 7 nitrogen and oxygen atoms in total. The highest BCUT2D eigenvalue weighted by atomic mass is 16.5. The molecule has 154 valence electrons. The number of aromatic nitrogens is 2. The van der Waals surface area contributed by atoms with Gasteiger partial charge in [0.05, 0.1) is 37.7 Å². The van der Waals surface area contributed by atoms with Crippen LogP contribution in [-0.4, -0.2) is 29.4 Å². The Hall–Kier alpha value is -3.22. The summed E-state index contributed by atoms with van der Waals surface area (Å²) in [5.74, 6) is 2.46. The predicted molar refractivity (Wildman–Crippen MR) is 114 cm³/mol. The number of hydrogen-bond acceptors (Lipinski definition) is 4. The molecule has 0 radical (unpaired) electrons. The average molecular weight is 396 g/mol. The largest absolute Gasteiger partial charge is 0.481 e. The molecule has 0 aliphatic heterocycles. The van der Waals surface area contributed by atoms with Gasteiger partial charge < -0.3 is 19.8 Å². The van der Waals surface area contributed by atoms with E-state index in [1.807, 2.05) is 37.4 Å². The molecule has 1 aromatic carbocycles. The molecule has 0 aliphatic rings. The highest BCUT2D eigenvalue weighted by Crippen LogP contribution is 2.21. The number of aliphatic imine (C=N–C) groups is 1. The molecule has 3 aromatic rings. The standard InChI is InChI=1S/C22H29N5O2/c1-4-20-19(21(28-3)27(2)26-20)16-25-22(23-13-12-18-11-8-14-29-18)24-15-17-9-6-5-7-10-17/h5-11,14H,4,12-13,15-16H2,1-3H3,(H2,23,24,25). The van der Waals surface area contributed by atoms with Crippen molar-refractivity contribution in [2.45, 2.75) is 32.9 Å². The van der Waals surface area contributed by atoms with Crippen LogP contribution in [0, 0.1) is 0 Å². The molecule has 0 bridgehead atoms. The van der Waals surface area contributed by atoms with Crippen LogP contribution in [-0.2, 0) is 33.0 Å². The molecule has 2 aromatic heterocycles. The van der Waals surface area contributed by atoms with E-state index in [1.54, 1.807) is 18.1 Å². The van der Waals surface area contributed by atoms with E-state index in [0.717, 1.165) is 53.8 Å². The Morgan fingerprint density at radius 2 is 2.00 bits per heavy atom. The molecule has 29 heavy (non-hydrogen) atoms. The van der Waals surface area contributed by atoms with Gasteiger partial charge >= 0.3 is 0 Å². The van der Waals surface area contributed by atoms with Gasteiger partial charge in [0.2, 0.25) is 5.88 Å². The maximum absolute atomic E-state index is 5.54. The third kappa shape index (κ3) is 5.63. The Kier molecular flexibility index (Phi) is 7.33. The maximum atomic E-state index is 5.54. The highest BCUT2D eigenvalue weighted by Gasteiger charge is 2.16. The van der Waals surface area contributed by atoms with Crippen LogP contribution in [0.4, 0.5) is 0 Å². The van der Waals surface area contributed by atoms with Gasteiger partial charge in [-0.3, -0.25) is 0 Å².